The van der Waals surface area contributed by atoms with Crippen molar-refractivity contribution in [1.29, 1.82) is 0 Å². The lowest BCUT2D eigenvalue weighted by atomic mass is 10.1. The summed E-state index contributed by atoms with van der Waals surface area (Å²) in [5.74, 6) is 0.195. The standard InChI is InChI=1S/C13H17ClN2O/c1-10-9-16(7-6-15-10)13(17)8-11-2-4-12(14)5-3-11/h2-5,10,15H,6-9H2,1H3/t10-/m1/s1. The van der Waals surface area contributed by atoms with Crippen molar-refractivity contribution in [3.05, 3.63) is 34.9 Å². The minimum absolute atomic E-state index is 0.195. The van der Waals surface area contributed by atoms with Gasteiger partial charge in [-0.25, -0.2) is 0 Å². The number of hydrogen-bond donors (Lipinski definition) is 1. The molecular weight excluding hydrogens is 236 g/mol. The van der Waals surface area contributed by atoms with E-state index in [9.17, 15) is 4.79 Å². The molecule has 1 fully saturated rings. The van der Waals surface area contributed by atoms with Gasteiger partial charge in [0, 0.05) is 30.7 Å². The topological polar surface area (TPSA) is 32.3 Å². The maximum Gasteiger partial charge on any atom is 0.227 e. The quantitative estimate of drug-likeness (QED) is 0.869. The molecular formula is C13H17ClN2O. The molecule has 1 aliphatic rings. The zero-order valence-electron chi connectivity index (χ0n) is 9.95. The maximum absolute atomic E-state index is 12.1. The number of nitrogens with zero attached hydrogens (tertiary/aromatic N) is 1. The number of benzene rings is 1. The maximum atomic E-state index is 12.1. The minimum Gasteiger partial charge on any atom is -0.340 e. The molecule has 0 aliphatic carbocycles. The molecule has 1 N–H and O–H groups in total. The van der Waals surface area contributed by atoms with Crippen LogP contribution in [0.2, 0.25) is 5.02 Å². The molecule has 0 unspecified atom stereocenters. The normalized spacial score (nSPS) is 20.4. The largest absolute Gasteiger partial charge is 0.340 e. The highest BCUT2D eigenvalue weighted by molar-refractivity contribution is 6.30. The molecule has 2 rings (SSSR count). The van der Waals surface area contributed by atoms with Crippen LogP contribution in [0.25, 0.3) is 0 Å². The predicted molar refractivity (Wildman–Crippen MR) is 69.2 cm³/mol. The molecule has 0 bridgehead atoms. The zero-order valence-corrected chi connectivity index (χ0v) is 10.7. The van der Waals surface area contributed by atoms with Gasteiger partial charge in [0.25, 0.3) is 0 Å². The van der Waals surface area contributed by atoms with Gasteiger partial charge in [-0.15, -0.1) is 0 Å². The summed E-state index contributed by atoms with van der Waals surface area (Å²) < 4.78 is 0. The molecule has 1 aliphatic heterocycles. The second kappa shape index (κ2) is 5.52. The van der Waals surface area contributed by atoms with Crippen LogP contribution in [-0.2, 0) is 11.2 Å². The lowest BCUT2D eigenvalue weighted by Crippen LogP contribution is -2.51. The van der Waals surface area contributed by atoms with Gasteiger partial charge in [-0.3, -0.25) is 4.79 Å². The fraction of sp³-hybridized carbons (Fsp3) is 0.462. The van der Waals surface area contributed by atoms with E-state index in [0.717, 1.165) is 25.2 Å². The molecule has 1 heterocycles. The Morgan fingerprint density at radius 1 is 1.47 bits per heavy atom. The van der Waals surface area contributed by atoms with Crippen molar-refractivity contribution in [2.24, 2.45) is 0 Å². The Morgan fingerprint density at radius 2 is 2.18 bits per heavy atom. The van der Waals surface area contributed by atoms with E-state index < -0.39 is 0 Å². The smallest absolute Gasteiger partial charge is 0.227 e. The number of piperazine rings is 1. The second-order valence-corrected chi connectivity index (χ2v) is 4.93. The van der Waals surface area contributed by atoms with E-state index in [1.165, 1.54) is 0 Å². The molecule has 0 aromatic heterocycles. The van der Waals surface area contributed by atoms with Crippen LogP contribution in [0.3, 0.4) is 0 Å². The van der Waals surface area contributed by atoms with Crippen LogP contribution in [0.4, 0.5) is 0 Å². The van der Waals surface area contributed by atoms with Crippen molar-refractivity contribution >= 4 is 17.5 Å². The number of carbonyl (C=O) groups excluding carboxylic acids is 1. The van der Waals surface area contributed by atoms with Gasteiger partial charge < -0.3 is 10.2 Å². The number of nitrogens with one attached hydrogen (secondary N) is 1. The van der Waals surface area contributed by atoms with E-state index in [0.29, 0.717) is 17.5 Å². The molecule has 92 valence electrons. The highest BCUT2D eigenvalue weighted by atomic mass is 35.5. The summed E-state index contributed by atoms with van der Waals surface area (Å²) >= 11 is 5.81. The first kappa shape index (κ1) is 12.4. The van der Waals surface area contributed by atoms with Gasteiger partial charge in [-0.1, -0.05) is 23.7 Å². The Hall–Kier alpha value is -1.06. The van der Waals surface area contributed by atoms with Crippen molar-refractivity contribution in [1.82, 2.24) is 10.2 Å². The summed E-state index contributed by atoms with van der Waals surface area (Å²) in [6.45, 7) is 4.58. The van der Waals surface area contributed by atoms with Gasteiger partial charge in [0.1, 0.15) is 0 Å². The third-order valence-electron chi connectivity index (χ3n) is 2.99. The minimum atomic E-state index is 0.195. The van der Waals surface area contributed by atoms with Gasteiger partial charge in [0.2, 0.25) is 5.91 Å². The van der Waals surface area contributed by atoms with Gasteiger partial charge in [0.15, 0.2) is 0 Å². The van der Waals surface area contributed by atoms with Crippen LogP contribution in [0.15, 0.2) is 24.3 Å². The van der Waals surface area contributed by atoms with Crippen molar-refractivity contribution in [2.75, 3.05) is 19.6 Å². The van der Waals surface area contributed by atoms with Crippen LogP contribution in [0, 0.1) is 0 Å². The summed E-state index contributed by atoms with van der Waals surface area (Å²) in [5.41, 5.74) is 1.02. The van der Waals surface area contributed by atoms with E-state index in [-0.39, 0.29) is 5.91 Å². The molecule has 1 saturated heterocycles. The van der Waals surface area contributed by atoms with Gasteiger partial charge in [-0.05, 0) is 24.6 Å². The van der Waals surface area contributed by atoms with E-state index >= 15 is 0 Å². The predicted octanol–water partition coefficient (Wildman–Crippen LogP) is 1.70. The van der Waals surface area contributed by atoms with Gasteiger partial charge in [0.05, 0.1) is 6.42 Å². The van der Waals surface area contributed by atoms with Crippen LogP contribution >= 0.6 is 11.6 Å². The molecule has 1 amide bonds. The molecule has 1 aromatic rings. The molecule has 0 radical (unpaired) electrons. The SMILES string of the molecule is C[C@@H]1CN(C(=O)Cc2ccc(Cl)cc2)CCN1. The zero-order chi connectivity index (χ0) is 12.3. The van der Waals surface area contributed by atoms with Crippen molar-refractivity contribution < 1.29 is 4.79 Å². The van der Waals surface area contributed by atoms with E-state index in [4.69, 9.17) is 11.6 Å². The van der Waals surface area contributed by atoms with Crippen LogP contribution < -0.4 is 5.32 Å². The summed E-state index contributed by atoms with van der Waals surface area (Å²) in [5, 5.41) is 4.03. The highest BCUT2D eigenvalue weighted by Gasteiger charge is 2.20. The summed E-state index contributed by atoms with van der Waals surface area (Å²) in [6.07, 6.45) is 0.462. The van der Waals surface area contributed by atoms with Crippen molar-refractivity contribution in [3.8, 4) is 0 Å². The highest BCUT2D eigenvalue weighted by Crippen LogP contribution is 2.11. The Balaban J connectivity index is 1.94. The van der Waals surface area contributed by atoms with E-state index in [1.54, 1.807) is 0 Å². The number of amides is 1. The second-order valence-electron chi connectivity index (χ2n) is 4.50. The molecule has 0 saturated carbocycles. The molecule has 17 heavy (non-hydrogen) atoms. The monoisotopic (exact) mass is 252 g/mol. The lowest BCUT2D eigenvalue weighted by Gasteiger charge is -2.32. The Labute approximate surface area is 107 Å². The summed E-state index contributed by atoms with van der Waals surface area (Å²) in [4.78, 5) is 14.0. The van der Waals surface area contributed by atoms with E-state index in [2.05, 4.69) is 12.2 Å². The molecule has 0 spiro atoms. The number of rotatable bonds is 2. The third kappa shape index (κ3) is 3.45. The fourth-order valence-corrected chi connectivity index (χ4v) is 2.17. The first-order valence-electron chi connectivity index (χ1n) is 5.91. The van der Waals surface area contributed by atoms with Crippen LogP contribution in [0.5, 0.6) is 0 Å². The first-order valence-corrected chi connectivity index (χ1v) is 6.28. The number of halogens is 1. The third-order valence-corrected chi connectivity index (χ3v) is 3.24. The average molecular weight is 253 g/mol. The van der Waals surface area contributed by atoms with Crippen LogP contribution in [-0.4, -0.2) is 36.5 Å². The molecule has 3 nitrogen and oxygen atoms in total. The lowest BCUT2D eigenvalue weighted by molar-refractivity contribution is -0.131. The number of carbonyl (C=O) groups is 1. The first-order chi connectivity index (χ1) is 8.15. The van der Waals surface area contributed by atoms with Crippen LogP contribution in [0.1, 0.15) is 12.5 Å². The fourth-order valence-electron chi connectivity index (χ4n) is 2.05. The Kier molecular flexibility index (Phi) is 4.02. The summed E-state index contributed by atoms with van der Waals surface area (Å²) in [7, 11) is 0. The Morgan fingerprint density at radius 3 is 2.82 bits per heavy atom. The Bertz CT molecular complexity index is 391. The van der Waals surface area contributed by atoms with Crippen molar-refractivity contribution in [2.45, 2.75) is 19.4 Å². The molecule has 4 heteroatoms. The summed E-state index contributed by atoms with van der Waals surface area (Å²) in [6, 6.07) is 7.85. The molecule has 1 atom stereocenters. The average Bonchev–Trinajstić information content (AvgIpc) is 2.32. The molecule has 1 aromatic carbocycles. The van der Waals surface area contributed by atoms with E-state index in [1.807, 2.05) is 29.2 Å². The number of hydrogen-bond acceptors (Lipinski definition) is 2. The van der Waals surface area contributed by atoms with Gasteiger partial charge in [-0.2, -0.15) is 0 Å². The van der Waals surface area contributed by atoms with Gasteiger partial charge >= 0.3 is 0 Å². The van der Waals surface area contributed by atoms with Crippen molar-refractivity contribution in [3.63, 3.8) is 0 Å².